The predicted molar refractivity (Wildman–Crippen MR) is 89.4 cm³/mol. The second-order valence-corrected chi connectivity index (χ2v) is 6.38. The van der Waals surface area contributed by atoms with Crippen molar-refractivity contribution in [1.82, 2.24) is 20.2 Å². The van der Waals surface area contributed by atoms with E-state index in [4.69, 9.17) is 0 Å². The van der Waals surface area contributed by atoms with Gasteiger partial charge in [0.05, 0.1) is 5.69 Å². The van der Waals surface area contributed by atoms with E-state index in [-0.39, 0.29) is 0 Å². The summed E-state index contributed by atoms with van der Waals surface area (Å²) in [6.45, 7) is 6.27. The lowest BCUT2D eigenvalue weighted by molar-refractivity contribution is 0.751. The molecule has 0 aliphatic carbocycles. The quantitative estimate of drug-likeness (QED) is 0.686. The predicted octanol–water partition coefficient (Wildman–Crippen LogP) is 3.88. The highest BCUT2D eigenvalue weighted by molar-refractivity contribution is 7.98. The van der Waals surface area contributed by atoms with E-state index in [1.54, 1.807) is 11.8 Å². The van der Waals surface area contributed by atoms with Crippen LogP contribution in [0.3, 0.4) is 0 Å². The molecule has 2 aromatic carbocycles. The number of aromatic nitrogens is 4. The van der Waals surface area contributed by atoms with Gasteiger partial charge >= 0.3 is 0 Å². The maximum atomic E-state index is 4.16. The normalized spacial score (nSPS) is 10.9. The van der Waals surface area contributed by atoms with Crippen molar-refractivity contribution in [2.24, 2.45) is 0 Å². The summed E-state index contributed by atoms with van der Waals surface area (Å²) in [5, 5.41) is 12.9. The van der Waals surface area contributed by atoms with Crippen LogP contribution in [-0.4, -0.2) is 20.2 Å². The first-order valence-corrected chi connectivity index (χ1v) is 8.16. The van der Waals surface area contributed by atoms with Gasteiger partial charge in [0.1, 0.15) is 0 Å². The standard InChI is InChI=1S/C17H18N4S/c1-12-5-4-6-15(10-12)11-22-17-18-19-20-21(17)16-8-7-13(2)9-14(16)3/h4-10H,11H2,1-3H3. The van der Waals surface area contributed by atoms with Crippen LogP contribution in [0, 0.1) is 20.8 Å². The van der Waals surface area contributed by atoms with Crippen LogP contribution in [0.1, 0.15) is 22.3 Å². The van der Waals surface area contributed by atoms with Gasteiger partial charge in [-0.2, -0.15) is 4.68 Å². The summed E-state index contributed by atoms with van der Waals surface area (Å²) in [6.07, 6.45) is 0. The smallest absolute Gasteiger partial charge is 0.187 e. The molecule has 3 rings (SSSR count). The van der Waals surface area contributed by atoms with Gasteiger partial charge in [0.25, 0.3) is 0 Å². The molecule has 4 nitrogen and oxygen atoms in total. The Morgan fingerprint density at radius 2 is 1.82 bits per heavy atom. The molecular weight excluding hydrogens is 292 g/mol. The first kappa shape index (κ1) is 14.8. The highest BCUT2D eigenvalue weighted by Gasteiger charge is 2.11. The highest BCUT2D eigenvalue weighted by Crippen LogP contribution is 2.24. The molecule has 22 heavy (non-hydrogen) atoms. The van der Waals surface area contributed by atoms with Crippen LogP contribution >= 0.6 is 11.8 Å². The number of thioether (sulfide) groups is 1. The number of nitrogens with zero attached hydrogens (tertiary/aromatic N) is 4. The van der Waals surface area contributed by atoms with E-state index < -0.39 is 0 Å². The van der Waals surface area contributed by atoms with Crippen molar-refractivity contribution in [3.8, 4) is 5.69 Å². The number of tetrazole rings is 1. The van der Waals surface area contributed by atoms with Gasteiger partial charge in [-0.1, -0.05) is 59.3 Å². The fourth-order valence-electron chi connectivity index (χ4n) is 2.41. The average molecular weight is 310 g/mol. The Labute approximate surface area is 134 Å². The van der Waals surface area contributed by atoms with E-state index in [0.717, 1.165) is 16.6 Å². The Morgan fingerprint density at radius 3 is 2.59 bits per heavy atom. The molecule has 0 radical (unpaired) electrons. The molecule has 0 spiro atoms. The van der Waals surface area contributed by atoms with Crippen molar-refractivity contribution in [1.29, 1.82) is 0 Å². The largest absolute Gasteiger partial charge is 0.214 e. The van der Waals surface area contributed by atoms with Crippen LogP contribution in [0.4, 0.5) is 0 Å². The van der Waals surface area contributed by atoms with Crippen molar-refractivity contribution in [3.63, 3.8) is 0 Å². The highest BCUT2D eigenvalue weighted by atomic mass is 32.2. The average Bonchev–Trinajstić information content (AvgIpc) is 2.93. The zero-order valence-electron chi connectivity index (χ0n) is 12.9. The molecule has 3 aromatic rings. The molecule has 0 unspecified atom stereocenters. The van der Waals surface area contributed by atoms with E-state index in [1.807, 2.05) is 4.68 Å². The molecule has 0 saturated carbocycles. The van der Waals surface area contributed by atoms with Crippen molar-refractivity contribution in [3.05, 3.63) is 64.7 Å². The molecular formula is C17H18N4S. The topological polar surface area (TPSA) is 43.6 Å². The Hall–Kier alpha value is -2.14. The van der Waals surface area contributed by atoms with Crippen LogP contribution in [0.5, 0.6) is 0 Å². The van der Waals surface area contributed by atoms with Gasteiger partial charge in [-0.05, 0) is 48.4 Å². The van der Waals surface area contributed by atoms with Gasteiger partial charge in [-0.15, -0.1) is 5.10 Å². The Balaban J connectivity index is 1.83. The van der Waals surface area contributed by atoms with Gasteiger partial charge in [0.2, 0.25) is 5.16 Å². The minimum absolute atomic E-state index is 0.813. The second kappa shape index (κ2) is 6.32. The van der Waals surface area contributed by atoms with Gasteiger partial charge in [0.15, 0.2) is 0 Å². The maximum absolute atomic E-state index is 4.16. The molecule has 1 aromatic heterocycles. The van der Waals surface area contributed by atoms with E-state index in [9.17, 15) is 0 Å². The first-order chi connectivity index (χ1) is 10.6. The molecule has 0 amide bonds. The molecule has 112 valence electrons. The molecule has 0 bridgehead atoms. The molecule has 0 saturated heterocycles. The third-order valence-electron chi connectivity index (χ3n) is 3.47. The third kappa shape index (κ3) is 3.20. The molecule has 0 fully saturated rings. The third-order valence-corrected chi connectivity index (χ3v) is 4.46. The summed E-state index contributed by atoms with van der Waals surface area (Å²) in [4.78, 5) is 0. The van der Waals surface area contributed by atoms with Crippen LogP contribution in [0.25, 0.3) is 5.69 Å². The fourth-order valence-corrected chi connectivity index (χ4v) is 3.24. The number of hydrogen-bond acceptors (Lipinski definition) is 4. The minimum atomic E-state index is 0.813. The number of benzene rings is 2. The Bertz CT molecular complexity index is 795. The zero-order valence-corrected chi connectivity index (χ0v) is 13.8. The zero-order chi connectivity index (χ0) is 15.5. The molecule has 0 atom stereocenters. The second-order valence-electron chi connectivity index (χ2n) is 5.44. The number of aryl methyl sites for hydroxylation is 3. The monoisotopic (exact) mass is 310 g/mol. The molecule has 0 N–H and O–H groups in total. The minimum Gasteiger partial charge on any atom is -0.187 e. The van der Waals surface area contributed by atoms with Gasteiger partial charge in [0, 0.05) is 5.75 Å². The fraction of sp³-hybridized carbons (Fsp3) is 0.235. The summed E-state index contributed by atoms with van der Waals surface area (Å²) >= 11 is 1.65. The summed E-state index contributed by atoms with van der Waals surface area (Å²) in [6, 6.07) is 14.8. The summed E-state index contributed by atoms with van der Waals surface area (Å²) in [7, 11) is 0. The van der Waals surface area contributed by atoms with Crippen molar-refractivity contribution >= 4 is 11.8 Å². The lowest BCUT2D eigenvalue weighted by Gasteiger charge is -2.08. The van der Waals surface area contributed by atoms with Gasteiger partial charge < -0.3 is 0 Å². The van der Waals surface area contributed by atoms with Crippen molar-refractivity contribution < 1.29 is 0 Å². The molecule has 0 aliphatic heterocycles. The van der Waals surface area contributed by atoms with Crippen LogP contribution < -0.4 is 0 Å². The lowest BCUT2D eigenvalue weighted by Crippen LogP contribution is -2.01. The SMILES string of the molecule is Cc1cccc(CSc2nnnn2-c2ccc(C)cc2C)c1. The van der Waals surface area contributed by atoms with E-state index in [0.29, 0.717) is 0 Å². The van der Waals surface area contributed by atoms with Crippen LogP contribution in [0.15, 0.2) is 47.6 Å². The Kier molecular flexibility index (Phi) is 4.24. The molecule has 5 heteroatoms. The van der Waals surface area contributed by atoms with Crippen LogP contribution in [-0.2, 0) is 5.75 Å². The Morgan fingerprint density at radius 1 is 1.00 bits per heavy atom. The maximum Gasteiger partial charge on any atom is 0.214 e. The first-order valence-electron chi connectivity index (χ1n) is 7.18. The van der Waals surface area contributed by atoms with Crippen molar-refractivity contribution in [2.45, 2.75) is 31.7 Å². The molecule has 1 heterocycles. The van der Waals surface area contributed by atoms with Crippen LogP contribution in [0.2, 0.25) is 0 Å². The van der Waals surface area contributed by atoms with Crippen molar-refractivity contribution in [2.75, 3.05) is 0 Å². The van der Waals surface area contributed by atoms with Gasteiger partial charge in [-0.3, -0.25) is 0 Å². The van der Waals surface area contributed by atoms with Gasteiger partial charge in [-0.25, -0.2) is 0 Å². The van der Waals surface area contributed by atoms with E-state index >= 15 is 0 Å². The summed E-state index contributed by atoms with van der Waals surface area (Å²) in [5.74, 6) is 0.854. The van der Waals surface area contributed by atoms with E-state index in [2.05, 4.69) is 78.8 Å². The molecule has 0 aliphatic rings. The number of hydrogen-bond donors (Lipinski definition) is 0. The summed E-state index contributed by atoms with van der Waals surface area (Å²) in [5.41, 5.74) is 5.99. The number of rotatable bonds is 4. The summed E-state index contributed by atoms with van der Waals surface area (Å²) < 4.78 is 1.81. The van der Waals surface area contributed by atoms with E-state index in [1.165, 1.54) is 22.3 Å². The lowest BCUT2D eigenvalue weighted by atomic mass is 10.1.